The first kappa shape index (κ1) is 13.1. The highest BCUT2D eigenvalue weighted by Gasteiger charge is 2.00. The fourth-order valence-electron chi connectivity index (χ4n) is 1.88. The molecule has 0 aromatic heterocycles. The van der Waals surface area contributed by atoms with E-state index in [0.29, 0.717) is 5.56 Å². The number of para-hydroxylation sites is 1. The van der Waals surface area contributed by atoms with E-state index in [1.807, 2.05) is 48.5 Å². The normalized spacial score (nSPS) is 10.6. The molecular weight excluding hydrogens is 234 g/mol. The number of carbonyl (C=O) groups excluding carboxylic acids is 1. The summed E-state index contributed by atoms with van der Waals surface area (Å²) in [5, 5.41) is 3.16. The van der Waals surface area contributed by atoms with Crippen molar-refractivity contribution in [1.29, 1.82) is 0 Å². The smallest absolute Gasteiger partial charge is 0.187 e. The van der Waals surface area contributed by atoms with Crippen LogP contribution in [0.3, 0.4) is 0 Å². The van der Waals surface area contributed by atoms with Crippen LogP contribution in [0, 0.1) is 0 Å². The summed E-state index contributed by atoms with van der Waals surface area (Å²) in [5.74, 6) is 0.00193. The topological polar surface area (TPSA) is 29.1 Å². The maximum Gasteiger partial charge on any atom is 0.187 e. The molecule has 0 radical (unpaired) electrons. The second-order valence-electron chi connectivity index (χ2n) is 4.22. The maximum absolute atomic E-state index is 11.9. The summed E-state index contributed by atoms with van der Waals surface area (Å²) in [5.41, 5.74) is 2.98. The van der Waals surface area contributed by atoms with E-state index in [1.165, 1.54) is 5.56 Å². The molecule has 0 aliphatic heterocycles. The highest BCUT2D eigenvalue weighted by atomic mass is 16.1. The molecule has 96 valence electrons. The van der Waals surface area contributed by atoms with Gasteiger partial charge in [-0.25, -0.2) is 0 Å². The van der Waals surface area contributed by atoms with Crippen LogP contribution in [0.15, 0.2) is 66.9 Å². The summed E-state index contributed by atoms with van der Waals surface area (Å²) in [7, 11) is 0. The molecule has 2 aromatic rings. The first-order chi connectivity index (χ1) is 9.31. The van der Waals surface area contributed by atoms with E-state index >= 15 is 0 Å². The molecule has 19 heavy (non-hydrogen) atoms. The van der Waals surface area contributed by atoms with Gasteiger partial charge in [0.1, 0.15) is 0 Å². The molecule has 0 saturated carbocycles. The number of anilines is 1. The Balaban J connectivity index is 2.02. The van der Waals surface area contributed by atoms with Crippen LogP contribution in [0.2, 0.25) is 0 Å². The number of rotatable bonds is 5. The SMILES string of the molecule is CCc1ccccc1N/C=C/C(=O)c1ccccc1. The Morgan fingerprint density at radius 3 is 2.47 bits per heavy atom. The Morgan fingerprint density at radius 2 is 1.74 bits per heavy atom. The molecule has 0 unspecified atom stereocenters. The Bertz CT molecular complexity index is 573. The molecule has 0 heterocycles. The standard InChI is InChI=1S/C17H17NO/c1-2-14-8-6-7-11-16(14)18-13-12-17(19)15-9-4-3-5-10-15/h3-13,18H,2H2,1H3/b13-12+. The van der Waals surface area contributed by atoms with Gasteiger partial charge in [-0.2, -0.15) is 0 Å². The summed E-state index contributed by atoms with van der Waals surface area (Å²) >= 11 is 0. The van der Waals surface area contributed by atoms with E-state index in [9.17, 15) is 4.79 Å². The Morgan fingerprint density at radius 1 is 1.05 bits per heavy atom. The van der Waals surface area contributed by atoms with Crippen LogP contribution in [-0.2, 0) is 6.42 Å². The number of ketones is 1. The second-order valence-corrected chi connectivity index (χ2v) is 4.22. The van der Waals surface area contributed by atoms with Crippen molar-refractivity contribution in [1.82, 2.24) is 0 Å². The molecule has 2 heteroatoms. The third-order valence-corrected chi connectivity index (χ3v) is 2.93. The Hall–Kier alpha value is -2.35. The van der Waals surface area contributed by atoms with Gasteiger partial charge in [0.2, 0.25) is 0 Å². The average Bonchev–Trinajstić information content (AvgIpc) is 2.48. The zero-order valence-electron chi connectivity index (χ0n) is 11.0. The molecule has 2 aromatic carbocycles. The van der Waals surface area contributed by atoms with Crippen LogP contribution in [0.1, 0.15) is 22.8 Å². The summed E-state index contributed by atoms with van der Waals surface area (Å²) < 4.78 is 0. The van der Waals surface area contributed by atoms with Gasteiger partial charge in [0.05, 0.1) is 0 Å². The quantitative estimate of drug-likeness (QED) is 0.641. The lowest BCUT2D eigenvalue weighted by Crippen LogP contribution is -1.97. The average molecular weight is 251 g/mol. The lowest BCUT2D eigenvalue weighted by Gasteiger charge is -2.06. The van der Waals surface area contributed by atoms with Crippen molar-refractivity contribution in [2.24, 2.45) is 0 Å². The van der Waals surface area contributed by atoms with Gasteiger partial charge in [0.15, 0.2) is 5.78 Å². The molecule has 2 nitrogen and oxygen atoms in total. The van der Waals surface area contributed by atoms with E-state index in [0.717, 1.165) is 12.1 Å². The van der Waals surface area contributed by atoms with Crippen molar-refractivity contribution in [3.8, 4) is 0 Å². The van der Waals surface area contributed by atoms with E-state index in [1.54, 1.807) is 12.3 Å². The third-order valence-electron chi connectivity index (χ3n) is 2.93. The fourth-order valence-corrected chi connectivity index (χ4v) is 1.88. The first-order valence-electron chi connectivity index (χ1n) is 6.41. The van der Waals surface area contributed by atoms with Gasteiger partial charge in [-0.15, -0.1) is 0 Å². The van der Waals surface area contributed by atoms with Crippen molar-refractivity contribution in [2.45, 2.75) is 13.3 Å². The van der Waals surface area contributed by atoms with Crippen molar-refractivity contribution in [3.05, 3.63) is 78.0 Å². The number of aryl methyl sites for hydroxylation is 1. The van der Waals surface area contributed by atoms with E-state index in [2.05, 4.69) is 18.3 Å². The predicted molar refractivity (Wildman–Crippen MR) is 79.4 cm³/mol. The minimum Gasteiger partial charge on any atom is -0.361 e. The predicted octanol–water partition coefficient (Wildman–Crippen LogP) is 4.06. The van der Waals surface area contributed by atoms with E-state index in [4.69, 9.17) is 0 Å². The van der Waals surface area contributed by atoms with Crippen molar-refractivity contribution in [3.63, 3.8) is 0 Å². The number of benzene rings is 2. The number of allylic oxidation sites excluding steroid dienone is 1. The fraction of sp³-hybridized carbons (Fsp3) is 0.118. The second kappa shape index (κ2) is 6.55. The van der Waals surface area contributed by atoms with Gasteiger partial charge in [-0.1, -0.05) is 55.5 Å². The molecule has 0 atom stereocenters. The summed E-state index contributed by atoms with van der Waals surface area (Å²) in [6.45, 7) is 2.11. The number of carbonyl (C=O) groups is 1. The zero-order valence-corrected chi connectivity index (χ0v) is 11.0. The van der Waals surface area contributed by atoms with Gasteiger partial charge in [-0.3, -0.25) is 4.79 Å². The number of hydrogen-bond acceptors (Lipinski definition) is 2. The van der Waals surface area contributed by atoms with Gasteiger partial charge < -0.3 is 5.32 Å². The lowest BCUT2D eigenvalue weighted by atomic mass is 10.1. The molecule has 0 saturated heterocycles. The zero-order chi connectivity index (χ0) is 13.5. The molecule has 0 spiro atoms. The lowest BCUT2D eigenvalue weighted by molar-refractivity contribution is 0.104. The molecular formula is C17H17NO. The molecule has 1 N–H and O–H groups in total. The summed E-state index contributed by atoms with van der Waals surface area (Å²) in [6, 6.07) is 17.3. The van der Waals surface area contributed by atoms with Crippen LogP contribution < -0.4 is 5.32 Å². The van der Waals surface area contributed by atoms with Crippen LogP contribution in [-0.4, -0.2) is 5.78 Å². The molecule has 2 rings (SSSR count). The molecule has 0 aliphatic rings. The monoisotopic (exact) mass is 251 g/mol. The molecule has 0 aliphatic carbocycles. The van der Waals surface area contributed by atoms with Crippen LogP contribution >= 0.6 is 0 Å². The molecule has 0 bridgehead atoms. The minimum atomic E-state index is 0.00193. The van der Waals surface area contributed by atoms with Crippen molar-refractivity contribution in [2.75, 3.05) is 5.32 Å². The van der Waals surface area contributed by atoms with Gasteiger partial charge in [0, 0.05) is 23.5 Å². The largest absolute Gasteiger partial charge is 0.361 e. The van der Waals surface area contributed by atoms with Gasteiger partial charge in [-0.05, 0) is 18.1 Å². The van der Waals surface area contributed by atoms with Crippen LogP contribution in [0.4, 0.5) is 5.69 Å². The van der Waals surface area contributed by atoms with Crippen LogP contribution in [0.25, 0.3) is 0 Å². The van der Waals surface area contributed by atoms with E-state index < -0.39 is 0 Å². The summed E-state index contributed by atoms with van der Waals surface area (Å²) in [6.07, 6.45) is 4.22. The van der Waals surface area contributed by atoms with Crippen LogP contribution in [0.5, 0.6) is 0 Å². The van der Waals surface area contributed by atoms with Gasteiger partial charge >= 0.3 is 0 Å². The first-order valence-corrected chi connectivity index (χ1v) is 6.41. The minimum absolute atomic E-state index is 0.00193. The Kier molecular flexibility index (Phi) is 4.51. The maximum atomic E-state index is 11.9. The van der Waals surface area contributed by atoms with Gasteiger partial charge in [0.25, 0.3) is 0 Å². The molecule has 0 fully saturated rings. The molecule has 0 amide bonds. The summed E-state index contributed by atoms with van der Waals surface area (Å²) in [4.78, 5) is 11.9. The van der Waals surface area contributed by atoms with Crippen molar-refractivity contribution >= 4 is 11.5 Å². The van der Waals surface area contributed by atoms with E-state index in [-0.39, 0.29) is 5.78 Å². The highest BCUT2D eigenvalue weighted by molar-refractivity contribution is 6.04. The Labute approximate surface area is 113 Å². The number of nitrogens with one attached hydrogen (secondary N) is 1. The highest BCUT2D eigenvalue weighted by Crippen LogP contribution is 2.15. The third kappa shape index (κ3) is 3.55. The van der Waals surface area contributed by atoms with Crippen molar-refractivity contribution < 1.29 is 4.79 Å². The number of hydrogen-bond donors (Lipinski definition) is 1.